The predicted molar refractivity (Wildman–Crippen MR) is 88.4 cm³/mol. The third kappa shape index (κ3) is 3.74. The number of carbonyl (C=O) groups is 2. The van der Waals surface area contributed by atoms with E-state index in [9.17, 15) is 9.59 Å². The molecule has 2 aromatic carbocycles. The lowest BCUT2D eigenvalue weighted by molar-refractivity contribution is -0.157. The van der Waals surface area contributed by atoms with Crippen molar-refractivity contribution in [3.63, 3.8) is 0 Å². The van der Waals surface area contributed by atoms with Crippen LogP contribution >= 0.6 is 0 Å². The van der Waals surface area contributed by atoms with Crippen LogP contribution in [-0.2, 0) is 27.2 Å². The molecule has 0 aromatic heterocycles. The number of aryl methyl sites for hydroxylation is 2. The maximum Gasteiger partial charge on any atom is 0.345 e. The van der Waals surface area contributed by atoms with Gasteiger partial charge in [-0.3, -0.25) is 4.79 Å². The summed E-state index contributed by atoms with van der Waals surface area (Å²) in [4.78, 5) is 23.5. The van der Waals surface area contributed by atoms with Crippen LogP contribution in [0.2, 0.25) is 0 Å². The summed E-state index contributed by atoms with van der Waals surface area (Å²) >= 11 is 0. The highest BCUT2D eigenvalue weighted by Crippen LogP contribution is 2.26. The van der Waals surface area contributed by atoms with Crippen LogP contribution in [0.3, 0.4) is 0 Å². The molecule has 3 rings (SSSR count). The van der Waals surface area contributed by atoms with Gasteiger partial charge in [0.2, 0.25) is 6.10 Å². The van der Waals surface area contributed by atoms with E-state index in [1.54, 1.807) is 30.3 Å². The minimum atomic E-state index is -1.11. The van der Waals surface area contributed by atoms with Crippen molar-refractivity contribution >= 4 is 11.9 Å². The highest BCUT2D eigenvalue weighted by molar-refractivity contribution is 5.83. The monoisotopic (exact) mass is 325 g/mol. The summed E-state index contributed by atoms with van der Waals surface area (Å²) in [5, 5.41) is 0. The zero-order chi connectivity index (χ0) is 16.9. The topological polar surface area (TPSA) is 78.6 Å². The Hall–Kier alpha value is -2.82. The molecule has 0 heterocycles. The normalized spacial score (nSPS) is 13.8. The van der Waals surface area contributed by atoms with Gasteiger partial charge >= 0.3 is 5.97 Å². The molecule has 0 unspecified atom stereocenters. The number of carbonyl (C=O) groups excluding carboxylic acids is 2. The molecular formula is C19H19NO4. The lowest BCUT2D eigenvalue weighted by atomic mass is 10.1. The summed E-state index contributed by atoms with van der Waals surface area (Å²) < 4.78 is 10.7. The van der Waals surface area contributed by atoms with E-state index in [4.69, 9.17) is 15.2 Å². The maximum absolute atomic E-state index is 12.0. The maximum atomic E-state index is 12.0. The molecule has 1 atom stereocenters. The fraction of sp³-hybridized carbons (Fsp3) is 0.263. The van der Waals surface area contributed by atoms with Gasteiger partial charge in [0, 0.05) is 5.56 Å². The third-order valence-corrected chi connectivity index (χ3v) is 4.04. The second-order valence-corrected chi connectivity index (χ2v) is 5.76. The van der Waals surface area contributed by atoms with Gasteiger partial charge < -0.3 is 15.2 Å². The van der Waals surface area contributed by atoms with Crippen LogP contribution in [0.1, 0.15) is 29.2 Å². The molecule has 0 fully saturated rings. The number of benzene rings is 2. The van der Waals surface area contributed by atoms with E-state index in [1.165, 1.54) is 11.1 Å². The Kier molecular flexibility index (Phi) is 4.79. The van der Waals surface area contributed by atoms with Gasteiger partial charge in [-0.15, -0.1) is 0 Å². The summed E-state index contributed by atoms with van der Waals surface area (Å²) in [7, 11) is 0. The van der Waals surface area contributed by atoms with E-state index >= 15 is 0 Å². The molecule has 5 heteroatoms. The highest BCUT2D eigenvalue weighted by atomic mass is 16.6. The van der Waals surface area contributed by atoms with E-state index in [0.717, 1.165) is 19.3 Å². The van der Waals surface area contributed by atoms with Crippen molar-refractivity contribution in [1.29, 1.82) is 0 Å². The first-order chi connectivity index (χ1) is 11.6. The van der Waals surface area contributed by atoms with E-state index in [2.05, 4.69) is 0 Å². The number of hydrogen-bond donors (Lipinski definition) is 1. The first-order valence-corrected chi connectivity index (χ1v) is 7.92. The summed E-state index contributed by atoms with van der Waals surface area (Å²) in [6, 6.07) is 14.5. The fourth-order valence-electron chi connectivity index (χ4n) is 2.86. The van der Waals surface area contributed by atoms with E-state index < -0.39 is 18.0 Å². The summed E-state index contributed by atoms with van der Waals surface area (Å²) in [5.74, 6) is -0.724. The Bertz CT molecular complexity index is 742. The zero-order valence-corrected chi connectivity index (χ0v) is 13.2. The van der Waals surface area contributed by atoms with Crippen LogP contribution in [-0.4, -0.2) is 18.5 Å². The van der Waals surface area contributed by atoms with Crippen LogP contribution in [0, 0.1) is 0 Å². The number of ether oxygens (including phenoxy) is 2. The quantitative estimate of drug-likeness (QED) is 0.827. The Morgan fingerprint density at radius 2 is 1.79 bits per heavy atom. The largest absolute Gasteiger partial charge is 0.482 e. The van der Waals surface area contributed by atoms with Crippen molar-refractivity contribution in [1.82, 2.24) is 0 Å². The van der Waals surface area contributed by atoms with Crippen LogP contribution in [0.5, 0.6) is 5.75 Å². The van der Waals surface area contributed by atoms with Gasteiger partial charge in [-0.05, 0) is 42.5 Å². The number of fused-ring (bicyclic) bond motifs is 1. The summed E-state index contributed by atoms with van der Waals surface area (Å²) in [6.07, 6.45) is 2.17. The molecule has 2 aromatic rings. The molecule has 1 aliphatic rings. The molecule has 0 saturated heterocycles. The smallest absolute Gasteiger partial charge is 0.345 e. The van der Waals surface area contributed by atoms with Crippen LogP contribution in [0.15, 0.2) is 48.5 Å². The molecule has 2 N–H and O–H groups in total. The predicted octanol–water partition coefficient (Wildman–Crippen LogP) is 2.32. The molecule has 5 nitrogen and oxygen atoms in total. The zero-order valence-electron chi connectivity index (χ0n) is 13.2. The number of esters is 1. The van der Waals surface area contributed by atoms with Crippen molar-refractivity contribution in [2.24, 2.45) is 5.73 Å². The van der Waals surface area contributed by atoms with Gasteiger partial charge in [0.15, 0.2) is 6.61 Å². The standard InChI is InChI=1S/C19H19NO4/c20-19(22)18(14-5-2-1-3-6-14)24-17(21)12-23-16-10-9-13-7-4-8-15(13)11-16/h1-3,5-6,9-11,18H,4,7-8,12H2,(H2,20,22)/t18-/m1/s1. The van der Waals surface area contributed by atoms with Crippen molar-refractivity contribution in [3.05, 3.63) is 65.2 Å². The Morgan fingerprint density at radius 3 is 2.54 bits per heavy atom. The lowest BCUT2D eigenvalue weighted by Gasteiger charge is -2.15. The van der Waals surface area contributed by atoms with Crippen molar-refractivity contribution < 1.29 is 19.1 Å². The molecule has 0 aliphatic heterocycles. The molecule has 0 spiro atoms. The Morgan fingerprint density at radius 1 is 1.04 bits per heavy atom. The molecule has 124 valence electrons. The number of hydrogen-bond acceptors (Lipinski definition) is 4. The van der Waals surface area contributed by atoms with Crippen LogP contribution in [0.4, 0.5) is 0 Å². The first-order valence-electron chi connectivity index (χ1n) is 7.92. The minimum absolute atomic E-state index is 0.268. The SMILES string of the molecule is NC(=O)[C@H](OC(=O)COc1ccc2c(c1)CCC2)c1ccccc1. The van der Waals surface area contributed by atoms with Crippen molar-refractivity contribution in [2.45, 2.75) is 25.4 Å². The highest BCUT2D eigenvalue weighted by Gasteiger charge is 2.22. The molecule has 0 bridgehead atoms. The van der Waals surface area contributed by atoms with E-state index in [-0.39, 0.29) is 6.61 Å². The average molecular weight is 325 g/mol. The average Bonchev–Trinajstić information content (AvgIpc) is 3.06. The second kappa shape index (κ2) is 7.17. The van der Waals surface area contributed by atoms with Gasteiger partial charge in [-0.25, -0.2) is 4.79 Å². The number of rotatable bonds is 6. The minimum Gasteiger partial charge on any atom is -0.482 e. The van der Waals surface area contributed by atoms with Gasteiger partial charge in [-0.1, -0.05) is 36.4 Å². The van der Waals surface area contributed by atoms with Crippen molar-refractivity contribution in [3.8, 4) is 5.75 Å². The van der Waals surface area contributed by atoms with E-state index in [0.29, 0.717) is 11.3 Å². The van der Waals surface area contributed by atoms with Crippen molar-refractivity contribution in [2.75, 3.05) is 6.61 Å². The van der Waals surface area contributed by atoms with Crippen LogP contribution in [0.25, 0.3) is 0 Å². The molecule has 0 saturated carbocycles. The molecule has 0 radical (unpaired) electrons. The van der Waals surface area contributed by atoms with Gasteiger partial charge in [0.1, 0.15) is 5.75 Å². The van der Waals surface area contributed by atoms with Gasteiger partial charge in [-0.2, -0.15) is 0 Å². The molecule has 24 heavy (non-hydrogen) atoms. The summed E-state index contributed by atoms with van der Waals surface area (Å²) in [6.45, 7) is -0.268. The third-order valence-electron chi connectivity index (χ3n) is 4.04. The molecular weight excluding hydrogens is 306 g/mol. The number of amides is 1. The molecule has 1 aliphatic carbocycles. The van der Waals surface area contributed by atoms with Crippen LogP contribution < -0.4 is 10.5 Å². The summed E-state index contributed by atoms with van der Waals surface area (Å²) in [5.41, 5.74) is 8.47. The van der Waals surface area contributed by atoms with Gasteiger partial charge in [0.05, 0.1) is 0 Å². The second-order valence-electron chi connectivity index (χ2n) is 5.76. The molecule has 1 amide bonds. The Balaban J connectivity index is 1.59. The first kappa shape index (κ1) is 16.1. The van der Waals surface area contributed by atoms with E-state index in [1.807, 2.05) is 18.2 Å². The number of nitrogens with two attached hydrogens (primary N) is 1. The van der Waals surface area contributed by atoms with Gasteiger partial charge in [0.25, 0.3) is 5.91 Å². The lowest BCUT2D eigenvalue weighted by Crippen LogP contribution is -2.28. The fourth-order valence-corrected chi connectivity index (χ4v) is 2.86. The number of primary amides is 1. The Labute approximate surface area is 140 Å².